The second-order valence-electron chi connectivity index (χ2n) is 6.94. The minimum atomic E-state index is -0.337. The molecule has 0 atom stereocenters. The van der Waals surface area contributed by atoms with Crippen molar-refractivity contribution in [3.05, 3.63) is 86.8 Å². The van der Waals surface area contributed by atoms with Gasteiger partial charge in [-0.3, -0.25) is 9.59 Å². The van der Waals surface area contributed by atoms with E-state index >= 15 is 0 Å². The second-order valence-corrected chi connectivity index (χ2v) is 8.23. The van der Waals surface area contributed by atoms with Crippen molar-refractivity contribution in [3.63, 3.8) is 0 Å². The monoisotopic (exact) mass is 529 g/mol. The van der Waals surface area contributed by atoms with Crippen molar-refractivity contribution in [2.75, 3.05) is 19.0 Å². The van der Waals surface area contributed by atoms with Gasteiger partial charge in [-0.25, -0.2) is 5.43 Å². The van der Waals surface area contributed by atoms with Gasteiger partial charge in [0.2, 0.25) is 0 Å². The first-order valence-corrected chi connectivity index (χ1v) is 11.0. The van der Waals surface area contributed by atoms with E-state index in [9.17, 15) is 9.59 Å². The third-order valence-electron chi connectivity index (χ3n) is 4.42. The molecule has 2 amide bonds. The highest BCUT2D eigenvalue weighted by atomic mass is 79.9. The predicted octanol–water partition coefficient (Wildman–Crippen LogP) is 5.20. The molecule has 33 heavy (non-hydrogen) atoms. The third-order valence-corrected chi connectivity index (χ3v) is 5.26. The Labute approximate surface area is 204 Å². The summed E-state index contributed by atoms with van der Waals surface area (Å²) in [7, 11) is 1.49. The lowest BCUT2D eigenvalue weighted by Crippen LogP contribution is -2.20. The number of nitrogens with one attached hydrogen (secondary N) is 2. The van der Waals surface area contributed by atoms with Crippen LogP contribution < -0.4 is 20.2 Å². The molecule has 9 heteroatoms. The van der Waals surface area contributed by atoms with E-state index < -0.39 is 0 Å². The Kier molecular flexibility index (Phi) is 8.46. The Morgan fingerprint density at radius 1 is 1.09 bits per heavy atom. The molecule has 3 aromatic carbocycles. The SMILES string of the molecule is COc1cc(/C=N/NC(=O)c2ccc(C)cc2)cc(Br)c1OCC(=O)Nc1ccc(Cl)cc1. The number of benzene rings is 3. The first-order valence-electron chi connectivity index (χ1n) is 9.81. The Bertz CT molecular complexity index is 1170. The maximum atomic E-state index is 12.2. The molecular formula is C24H21BrClN3O4. The summed E-state index contributed by atoms with van der Waals surface area (Å²) in [6, 6.07) is 17.3. The summed E-state index contributed by atoms with van der Waals surface area (Å²) in [5, 5.41) is 7.30. The second kappa shape index (κ2) is 11.5. The molecule has 0 spiro atoms. The zero-order chi connectivity index (χ0) is 23.8. The normalized spacial score (nSPS) is 10.7. The van der Waals surface area contributed by atoms with Gasteiger partial charge in [0.1, 0.15) is 0 Å². The van der Waals surface area contributed by atoms with Crippen molar-refractivity contribution in [1.29, 1.82) is 0 Å². The number of nitrogens with zero attached hydrogens (tertiary/aromatic N) is 1. The number of hydrogen-bond donors (Lipinski definition) is 2. The van der Waals surface area contributed by atoms with Crippen LogP contribution in [0.5, 0.6) is 11.5 Å². The molecule has 0 heterocycles. The number of rotatable bonds is 8. The molecule has 0 aliphatic rings. The largest absolute Gasteiger partial charge is 0.493 e. The van der Waals surface area contributed by atoms with Crippen molar-refractivity contribution in [2.45, 2.75) is 6.92 Å². The summed E-state index contributed by atoms with van der Waals surface area (Å²) in [6.45, 7) is 1.72. The molecule has 3 aromatic rings. The van der Waals surface area contributed by atoms with Crippen molar-refractivity contribution in [2.24, 2.45) is 5.10 Å². The lowest BCUT2D eigenvalue weighted by atomic mass is 10.1. The van der Waals surface area contributed by atoms with Crippen LogP contribution in [-0.2, 0) is 4.79 Å². The first-order chi connectivity index (χ1) is 15.9. The van der Waals surface area contributed by atoms with Crippen molar-refractivity contribution in [1.82, 2.24) is 5.43 Å². The van der Waals surface area contributed by atoms with Crippen molar-refractivity contribution < 1.29 is 19.1 Å². The summed E-state index contributed by atoms with van der Waals surface area (Å²) in [4.78, 5) is 24.4. The van der Waals surface area contributed by atoms with E-state index in [1.165, 1.54) is 13.3 Å². The topological polar surface area (TPSA) is 89.0 Å². The summed E-state index contributed by atoms with van der Waals surface area (Å²) >= 11 is 9.27. The molecule has 0 bridgehead atoms. The van der Waals surface area contributed by atoms with Gasteiger partial charge in [0.15, 0.2) is 18.1 Å². The van der Waals surface area contributed by atoms with E-state index in [-0.39, 0.29) is 18.4 Å². The maximum absolute atomic E-state index is 12.2. The fraction of sp³-hybridized carbons (Fsp3) is 0.125. The first kappa shape index (κ1) is 24.3. The molecule has 0 aromatic heterocycles. The molecule has 0 aliphatic heterocycles. The lowest BCUT2D eigenvalue weighted by Gasteiger charge is -2.13. The van der Waals surface area contributed by atoms with E-state index in [0.717, 1.165) is 5.56 Å². The van der Waals surface area contributed by atoms with Gasteiger partial charge >= 0.3 is 0 Å². The van der Waals surface area contributed by atoms with Crippen LogP contribution >= 0.6 is 27.5 Å². The minimum absolute atomic E-state index is 0.225. The average Bonchev–Trinajstić information content (AvgIpc) is 2.80. The van der Waals surface area contributed by atoms with Crippen LogP contribution in [0.3, 0.4) is 0 Å². The molecule has 170 valence electrons. The van der Waals surface area contributed by atoms with Gasteiger partial charge in [0.25, 0.3) is 11.8 Å². The van der Waals surface area contributed by atoms with Gasteiger partial charge in [-0.2, -0.15) is 5.10 Å². The molecule has 0 unspecified atom stereocenters. The van der Waals surface area contributed by atoms with E-state index in [4.69, 9.17) is 21.1 Å². The molecule has 7 nitrogen and oxygen atoms in total. The predicted molar refractivity (Wildman–Crippen MR) is 133 cm³/mol. The Hall–Kier alpha value is -3.36. The molecular weight excluding hydrogens is 510 g/mol. The average molecular weight is 531 g/mol. The highest BCUT2D eigenvalue weighted by molar-refractivity contribution is 9.10. The molecule has 0 aliphatic carbocycles. The van der Waals surface area contributed by atoms with Gasteiger partial charge in [-0.15, -0.1) is 0 Å². The van der Waals surface area contributed by atoms with Gasteiger partial charge in [0.05, 0.1) is 17.8 Å². The smallest absolute Gasteiger partial charge is 0.271 e. The number of amides is 2. The van der Waals surface area contributed by atoms with Crippen LogP contribution in [0.1, 0.15) is 21.5 Å². The summed E-state index contributed by atoms with van der Waals surface area (Å²) in [6.07, 6.45) is 1.48. The lowest BCUT2D eigenvalue weighted by molar-refractivity contribution is -0.118. The van der Waals surface area contributed by atoms with Crippen LogP contribution in [0.15, 0.2) is 70.2 Å². The zero-order valence-corrected chi connectivity index (χ0v) is 20.2. The van der Waals surface area contributed by atoms with E-state index in [0.29, 0.717) is 37.8 Å². The van der Waals surface area contributed by atoms with Crippen LogP contribution in [0.2, 0.25) is 5.02 Å². The van der Waals surface area contributed by atoms with Crippen LogP contribution in [0.25, 0.3) is 0 Å². The molecule has 0 saturated heterocycles. The van der Waals surface area contributed by atoms with E-state index in [2.05, 4.69) is 31.8 Å². The Morgan fingerprint density at radius 2 is 1.79 bits per heavy atom. The highest BCUT2D eigenvalue weighted by Gasteiger charge is 2.13. The van der Waals surface area contributed by atoms with Gasteiger partial charge < -0.3 is 14.8 Å². The summed E-state index contributed by atoms with van der Waals surface area (Å²) < 4.78 is 11.6. The quantitative estimate of drug-likeness (QED) is 0.309. The fourth-order valence-electron chi connectivity index (χ4n) is 2.76. The number of anilines is 1. The number of methoxy groups -OCH3 is 1. The molecule has 3 rings (SSSR count). The highest BCUT2D eigenvalue weighted by Crippen LogP contribution is 2.36. The van der Waals surface area contributed by atoms with Crippen LogP contribution in [0, 0.1) is 6.92 Å². The number of halogens is 2. The van der Waals surface area contributed by atoms with Crippen molar-refractivity contribution in [3.8, 4) is 11.5 Å². The Morgan fingerprint density at radius 3 is 2.45 bits per heavy atom. The number of aryl methyl sites for hydroxylation is 1. The fourth-order valence-corrected chi connectivity index (χ4v) is 3.46. The Balaban J connectivity index is 1.62. The minimum Gasteiger partial charge on any atom is -0.493 e. The molecule has 2 N–H and O–H groups in total. The molecule has 0 radical (unpaired) electrons. The van der Waals surface area contributed by atoms with Crippen LogP contribution in [-0.4, -0.2) is 31.7 Å². The van der Waals surface area contributed by atoms with E-state index in [1.807, 2.05) is 19.1 Å². The summed E-state index contributed by atoms with van der Waals surface area (Å²) in [5.74, 6) is 0.110. The molecule has 0 saturated carbocycles. The van der Waals surface area contributed by atoms with Gasteiger partial charge in [-0.1, -0.05) is 29.3 Å². The number of carbonyl (C=O) groups excluding carboxylic acids is 2. The third kappa shape index (κ3) is 7.06. The standard InChI is InChI=1S/C24H21BrClN3O4/c1-15-3-5-17(6-4-15)24(31)29-27-13-16-11-20(25)23(21(12-16)32-2)33-14-22(30)28-19-9-7-18(26)8-10-19/h3-13H,14H2,1-2H3,(H,28,30)(H,29,31)/b27-13+. The van der Waals surface area contributed by atoms with E-state index in [1.54, 1.807) is 48.5 Å². The number of hydrogen-bond acceptors (Lipinski definition) is 5. The number of carbonyl (C=O) groups is 2. The van der Waals surface area contributed by atoms with Crippen molar-refractivity contribution >= 4 is 51.2 Å². The zero-order valence-electron chi connectivity index (χ0n) is 17.9. The number of ether oxygens (including phenoxy) is 2. The number of hydrazone groups is 1. The maximum Gasteiger partial charge on any atom is 0.271 e. The van der Waals surface area contributed by atoms with Gasteiger partial charge in [-0.05, 0) is 76.9 Å². The van der Waals surface area contributed by atoms with Gasteiger partial charge in [0, 0.05) is 16.3 Å². The van der Waals surface area contributed by atoms with Crippen LogP contribution in [0.4, 0.5) is 5.69 Å². The molecule has 0 fully saturated rings. The summed E-state index contributed by atoms with van der Waals surface area (Å²) in [5.41, 5.74) is 5.33.